The molecule has 0 aliphatic rings. The summed E-state index contributed by atoms with van der Waals surface area (Å²) < 4.78 is 5.43. The Bertz CT molecular complexity index is 438. The topological polar surface area (TPSA) is 62.1 Å². The summed E-state index contributed by atoms with van der Waals surface area (Å²) >= 11 is 0. The van der Waals surface area contributed by atoms with Crippen molar-refractivity contribution in [3.05, 3.63) is 35.9 Å². The lowest BCUT2D eigenvalue weighted by Gasteiger charge is -2.11. The molecule has 108 valence electrons. The fourth-order valence-corrected chi connectivity index (χ4v) is 1.74. The minimum absolute atomic E-state index is 0.248. The van der Waals surface area contributed by atoms with Gasteiger partial charge in [0.05, 0.1) is 6.07 Å². The van der Waals surface area contributed by atoms with Crippen molar-refractivity contribution in [2.24, 2.45) is 5.92 Å². The van der Waals surface area contributed by atoms with E-state index < -0.39 is 5.92 Å². The number of nitriles is 1. The number of hydrogen-bond acceptors (Lipinski definition) is 3. The fraction of sp³-hybridized carbons (Fsp3) is 0.500. The SMILES string of the molecule is CC(C)COCCCNC(=O)C(C#N)c1ccccc1. The number of nitrogens with zero attached hydrogens (tertiary/aromatic N) is 1. The van der Waals surface area contributed by atoms with Crippen LogP contribution < -0.4 is 5.32 Å². The zero-order chi connectivity index (χ0) is 14.8. The second-order valence-electron chi connectivity index (χ2n) is 5.09. The Morgan fingerprint density at radius 1 is 1.35 bits per heavy atom. The van der Waals surface area contributed by atoms with Gasteiger partial charge in [0, 0.05) is 19.8 Å². The number of benzene rings is 1. The van der Waals surface area contributed by atoms with Crippen molar-refractivity contribution in [3.63, 3.8) is 0 Å². The van der Waals surface area contributed by atoms with Crippen LogP contribution in [0.25, 0.3) is 0 Å². The van der Waals surface area contributed by atoms with Gasteiger partial charge in [-0.25, -0.2) is 0 Å². The molecule has 1 rings (SSSR count). The van der Waals surface area contributed by atoms with Gasteiger partial charge in [-0.15, -0.1) is 0 Å². The first kappa shape index (κ1) is 16.2. The van der Waals surface area contributed by atoms with Crippen molar-refractivity contribution >= 4 is 5.91 Å². The van der Waals surface area contributed by atoms with E-state index in [-0.39, 0.29) is 5.91 Å². The Labute approximate surface area is 120 Å². The summed E-state index contributed by atoms with van der Waals surface area (Å²) in [6, 6.07) is 11.1. The number of ether oxygens (including phenoxy) is 1. The molecule has 20 heavy (non-hydrogen) atoms. The molecular formula is C16H22N2O2. The second-order valence-corrected chi connectivity index (χ2v) is 5.09. The van der Waals surface area contributed by atoms with Crippen LogP contribution in [0, 0.1) is 17.2 Å². The molecule has 4 heteroatoms. The molecule has 0 radical (unpaired) electrons. The first-order valence-corrected chi connectivity index (χ1v) is 6.95. The van der Waals surface area contributed by atoms with E-state index in [4.69, 9.17) is 10.00 Å². The number of carbonyl (C=O) groups is 1. The minimum Gasteiger partial charge on any atom is -0.381 e. The highest BCUT2D eigenvalue weighted by molar-refractivity contribution is 5.86. The van der Waals surface area contributed by atoms with Gasteiger partial charge in [-0.05, 0) is 17.9 Å². The zero-order valence-electron chi connectivity index (χ0n) is 12.1. The molecule has 0 bridgehead atoms. The number of rotatable bonds is 8. The van der Waals surface area contributed by atoms with Crippen LogP contribution >= 0.6 is 0 Å². The van der Waals surface area contributed by atoms with Gasteiger partial charge in [0.1, 0.15) is 5.92 Å². The summed E-state index contributed by atoms with van der Waals surface area (Å²) in [5, 5.41) is 11.9. The van der Waals surface area contributed by atoms with Crippen molar-refractivity contribution in [3.8, 4) is 6.07 Å². The molecular weight excluding hydrogens is 252 g/mol. The highest BCUT2D eigenvalue weighted by Gasteiger charge is 2.18. The predicted molar refractivity (Wildman–Crippen MR) is 78.1 cm³/mol. The predicted octanol–water partition coefficient (Wildman–Crippen LogP) is 2.47. The lowest BCUT2D eigenvalue weighted by Crippen LogP contribution is -2.30. The maximum absolute atomic E-state index is 11.9. The lowest BCUT2D eigenvalue weighted by molar-refractivity contribution is -0.121. The third-order valence-corrected chi connectivity index (χ3v) is 2.74. The molecule has 4 nitrogen and oxygen atoms in total. The zero-order valence-corrected chi connectivity index (χ0v) is 12.1. The number of carbonyl (C=O) groups excluding carboxylic acids is 1. The average Bonchev–Trinajstić information content (AvgIpc) is 2.44. The third kappa shape index (κ3) is 5.85. The normalized spacial score (nSPS) is 11.9. The van der Waals surface area contributed by atoms with E-state index in [2.05, 4.69) is 19.2 Å². The molecule has 1 N–H and O–H groups in total. The lowest BCUT2D eigenvalue weighted by atomic mass is 10.00. The summed E-state index contributed by atoms with van der Waals surface area (Å²) in [6.45, 7) is 6.08. The smallest absolute Gasteiger partial charge is 0.241 e. The highest BCUT2D eigenvalue weighted by atomic mass is 16.5. The van der Waals surface area contributed by atoms with E-state index in [9.17, 15) is 4.79 Å². The van der Waals surface area contributed by atoms with E-state index >= 15 is 0 Å². The summed E-state index contributed by atoms with van der Waals surface area (Å²) in [4.78, 5) is 11.9. The summed E-state index contributed by atoms with van der Waals surface area (Å²) in [5.41, 5.74) is 0.726. The third-order valence-electron chi connectivity index (χ3n) is 2.74. The minimum atomic E-state index is -0.743. The molecule has 0 saturated heterocycles. The van der Waals surface area contributed by atoms with Crippen LogP contribution in [0.15, 0.2) is 30.3 Å². The van der Waals surface area contributed by atoms with Crippen molar-refractivity contribution < 1.29 is 9.53 Å². The quantitative estimate of drug-likeness (QED) is 0.741. The molecule has 1 aromatic rings. The van der Waals surface area contributed by atoms with Crippen LogP contribution in [0.5, 0.6) is 0 Å². The highest BCUT2D eigenvalue weighted by Crippen LogP contribution is 2.14. The standard InChI is InChI=1S/C16H22N2O2/c1-13(2)12-20-10-6-9-18-16(19)15(11-17)14-7-4-3-5-8-14/h3-5,7-8,13,15H,6,9-10,12H2,1-2H3,(H,18,19). The molecule has 0 fully saturated rings. The maximum Gasteiger partial charge on any atom is 0.241 e. The molecule has 0 saturated carbocycles. The maximum atomic E-state index is 11.9. The van der Waals surface area contributed by atoms with Crippen LogP contribution in [-0.2, 0) is 9.53 Å². The van der Waals surface area contributed by atoms with Crippen molar-refractivity contribution in [1.82, 2.24) is 5.32 Å². The fourth-order valence-electron chi connectivity index (χ4n) is 1.74. The van der Waals surface area contributed by atoms with E-state index in [0.29, 0.717) is 19.1 Å². The van der Waals surface area contributed by atoms with Gasteiger partial charge in [0.15, 0.2) is 0 Å². The van der Waals surface area contributed by atoms with Gasteiger partial charge in [0.25, 0.3) is 0 Å². The van der Waals surface area contributed by atoms with E-state index in [1.807, 2.05) is 24.3 Å². The molecule has 1 aromatic carbocycles. The monoisotopic (exact) mass is 274 g/mol. The van der Waals surface area contributed by atoms with Crippen molar-refractivity contribution in [2.45, 2.75) is 26.2 Å². The van der Waals surface area contributed by atoms with E-state index in [0.717, 1.165) is 18.6 Å². The number of nitrogens with one attached hydrogen (secondary N) is 1. The molecule has 0 aliphatic carbocycles. The molecule has 1 atom stereocenters. The molecule has 0 heterocycles. The molecule has 0 spiro atoms. The van der Waals surface area contributed by atoms with Gasteiger partial charge in [0.2, 0.25) is 5.91 Å². The first-order valence-electron chi connectivity index (χ1n) is 6.95. The Morgan fingerprint density at radius 3 is 2.65 bits per heavy atom. The van der Waals surface area contributed by atoms with Crippen molar-refractivity contribution in [2.75, 3.05) is 19.8 Å². The van der Waals surface area contributed by atoms with Crippen LogP contribution in [0.4, 0.5) is 0 Å². The van der Waals surface area contributed by atoms with Gasteiger partial charge >= 0.3 is 0 Å². The average molecular weight is 274 g/mol. The van der Waals surface area contributed by atoms with Crippen molar-refractivity contribution in [1.29, 1.82) is 5.26 Å². The van der Waals surface area contributed by atoms with Crippen LogP contribution in [0.2, 0.25) is 0 Å². The van der Waals surface area contributed by atoms with Gasteiger partial charge in [-0.1, -0.05) is 44.2 Å². The van der Waals surface area contributed by atoms with Gasteiger partial charge in [-0.3, -0.25) is 4.79 Å². The van der Waals surface area contributed by atoms with Crippen LogP contribution in [0.3, 0.4) is 0 Å². The second kappa shape index (κ2) is 9.11. The van der Waals surface area contributed by atoms with Crippen LogP contribution in [-0.4, -0.2) is 25.7 Å². The summed E-state index contributed by atoms with van der Waals surface area (Å²) in [5.74, 6) is -0.471. The largest absolute Gasteiger partial charge is 0.381 e. The molecule has 1 amide bonds. The summed E-state index contributed by atoms with van der Waals surface area (Å²) in [6.07, 6.45) is 0.755. The first-order chi connectivity index (χ1) is 9.65. The number of hydrogen-bond donors (Lipinski definition) is 1. The summed E-state index contributed by atoms with van der Waals surface area (Å²) in [7, 11) is 0. The molecule has 1 unspecified atom stereocenters. The van der Waals surface area contributed by atoms with E-state index in [1.165, 1.54) is 0 Å². The van der Waals surface area contributed by atoms with E-state index in [1.54, 1.807) is 12.1 Å². The Balaban J connectivity index is 2.30. The molecule has 0 aliphatic heterocycles. The number of amides is 1. The van der Waals surface area contributed by atoms with Crippen LogP contribution in [0.1, 0.15) is 31.7 Å². The van der Waals surface area contributed by atoms with Gasteiger partial charge in [-0.2, -0.15) is 5.26 Å². The Hall–Kier alpha value is -1.86. The van der Waals surface area contributed by atoms with Gasteiger partial charge < -0.3 is 10.1 Å². The Kier molecular flexibility index (Phi) is 7.38. The Morgan fingerprint density at radius 2 is 2.05 bits per heavy atom. The molecule has 0 aromatic heterocycles.